The highest BCUT2D eigenvalue weighted by Crippen LogP contribution is 2.28. The lowest BCUT2D eigenvalue weighted by Crippen LogP contribution is -2.14. The normalized spacial score (nSPS) is 12.1. The van der Waals surface area contributed by atoms with Gasteiger partial charge in [0.2, 0.25) is 0 Å². The van der Waals surface area contributed by atoms with E-state index in [1.165, 1.54) is 22.8 Å². The number of nitrogens with one attached hydrogen (secondary N) is 1. The molecule has 1 aromatic carbocycles. The lowest BCUT2D eigenvalue weighted by Gasteiger charge is -2.11. The minimum absolute atomic E-state index is 0.464. The van der Waals surface area contributed by atoms with E-state index in [2.05, 4.69) is 47.0 Å². The van der Waals surface area contributed by atoms with Crippen LogP contribution in [0.3, 0.4) is 0 Å². The van der Waals surface area contributed by atoms with Gasteiger partial charge in [-0.05, 0) is 44.4 Å². The van der Waals surface area contributed by atoms with Crippen LogP contribution in [0.25, 0.3) is 10.9 Å². The fourth-order valence-electron chi connectivity index (χ4n) is 3.16. The van der Waals surface area contributed by atoms with Gasteiger partial charge in [-0.2, -0.15) is 0 Å². The smallest absolute Gasteiger partial charge is 0.136 e. The van der Waals surface area contributed by atoms with E-state index in [1.807, 2.05) is 13.8 Å². The van der Waals surface area contributed by atoms with E-state index < -0.39 is 0 Å². The molecular formula is C19H23N5. The van der Waals surface area contributed by atoms with Crippen LogP contribution < -0.4 is 5.73 Å². The molecule has 0 saturated carbocycles. The van der Waals surface area contributed by atoms with Crippen molar-refractivity contribution in [2.45, 2.75) is 34.1 Å². The third-order valence-electron chi connectivity index (χ3n) is 4.27. The first-order valence-electron chi connectivity index (χ1n) is 8.30. The second kappa shape index (κ2) is 6.43. The van der Waals surface area contributed by atoms with E-state index >= 15 is 0 Å². The molecule has 0 aliphatic carbocycles. The van der Waals surface area contributed by atoms with Crippen molar-refractivity contribution < 1.29 is 0 Å². The van der Waals surface area contributed by atoms with Gasteiger partial charge in [-0.25, -0.2) is 9.97 Å². The summed E-state index contributed by atoms with van der Waals surface area (Å²) in [5.41, 5.74) is 13.3. The van der Waals surface area contributed by atoms with E-state index in [0.29, 0.717) is 12.4 Å². The Kier molecular flexibility index (Phi) is 4.34. The van der Waals surface area contributed by atoms with Gasteiger partial charge in [0.25, 0.3) is 0 Å². The molecule has 0 saturated heterocycles. The second-order valence-corrected chi connectivity index (χ2v) is 5.92. The molecule has 2 heterocycles. The van der Waals surface area contributed by atoms with Gasteiger partial charge in [-0.1, -0.05) is 19.1 Å². The molecular weight excluding hydrogens is 298 g/mol. The van der Waals surface area contributed by atoms with Crippen LogP contribution >= 0.6 is 0 Å². The first-order valence-corrected chi connectivity index (χ1v) is 8.30. The molecule has 24 heavy (non-hydrogen) atoms. The zero-order chi connectivity index (χ0) is 17.3. The van der Waals surface area contributed by atoms with Gasteiger partial charge in [0.15, 0.2) is 0 Å². The van der Waals surface area contributed by atoms with E-state index in [9.17, 15) is 0 Å². The molecule has 0 spiro atoms. The summed E-state index contributed by atoms with van der Waals surface area (Å²) in [5.74, 6) is 0.464. The fourth-order valence-corrected chi connectivity index (χ4v) is 3.16. The summed E-state index contributed by atoms with van der Waals surface area (Å²) in [6.45, 7) is 8.89. The molecule has 0 unspecified atom stereocenters. The summed E-state index contributed by atoms with van der Waals surface area (Å²) >= 11 is 0. The van der Waals surface area contributed by atoms with Crippen molar-refractivity contribution >= 4 is 22.4 Å². The molecule has 2 aromatic heterocycles. The third-order valence-corrected chi connectivity index (χ3v) is 4.27. The number of hydrogen-bond acceptors (Lipinski definition) is 4. The van der Waals surface area contributed by atoms with Gasteiger partial charge < -0.3 is 10.7 Å². The summed E-state index contributed by atoms with van der Waals surface area (Å²) in [7, 11) is 0. The number of anilines is 1. The Bertz CT molecular complexity index is 901. The maximum atomic E-state index is 6.15. The highest BCUT2D eigenvalue weighted by molar-refractivity contribution is 6.17. The second-order valence-electron chi connectivity index (χ2n) is 5.92. The topological polar surface area (TPSA) is 80.0 Å². The predicted octanol–water partition coefficient (Wildman–Crippen LogP) is 3.58. The van der Waals surface area contributed by atoms with Crippen molar-refractivity contribution in [3.63, 3.8) is 0 Å². The molecule has 0 radical (unpaired) electrons. The molecule has 0 amide bonds. The van der Waals surface area contributed by atoms with Crippen LogP contribution in [0.5, 0.6) is 0 Å². The molecule has 124 valence electrons. The quantitative estimate of drug-likeness (QED) is 0.721. The molecule has 3 rings (SSSR count). The van der Waals surface area contributed by atoms with Gasteiger partial charge >= 0.3 is 0 Å². The van der Waals surface area contributed by atoms with Gasteiger partial charge in [-0.3, -0.25) is 4.99 Å². The van der Waals surface area contributed by atoms with Crippen LogP contribution in [0, 0.1) is 13.8 Å². The Morgan fingerprint density at radius 3 is 2.67 bits per heavy atom. The maximum Gasteiger partial charge on any atom is 0.136 e. The molecule has 3 aromatic rings. The monoisotopic (exact) mass is 321 g/mol. The molecule has 0 aliphatic heterocycles. The summed E-state index contributed by atoms with van der Waals surface area (Å²) in [4.78, 5) is 16.8. The molecule has 0 atom stereocenters. The highest BCUT2D eigenvalue weighted by atomic mass is 14.9. The average Bonchev–Trinajstić information content (AvgIpc) is 2.91. The van der Waals surface area contributed by atoms with Crippen molar-refractivity contribution in [3.05, 3.63) is 52.6 Å². The number of aliphatic imine (C=N–C) groups is 1. The van der Waals surface area contributed by atoms with Crippen molar-refractivity contribution in [1.82, 2.24) is 15.0 Å². The van der Waals surface area contributed by atoms with E-state index in [1.54, 1.807) is 0 Å². The van der Waals surface area contributed by atoms with Gasteiger partial charge in [0.05, 0.1) is 22.7 Å². The Morgan fingerprint density at radius 2 is 2.00 bits per heavy atom. The van der Waals surface area contributed by atoms with E-state index in [4.69, 9.17) is 10.7 Å². The average molecular weight is 321 g/mol. The zero-order valence-corrected chi connectivity index (χ0v) is 14.6. The minimum atomic E-state index is 0.464. The molecule has 3 N–H and O–H groups in total. The summed E-state index contributed by atoms with van der Waals surface area (Å²) < 4.78 is 0. The standard InChI is InChI=1S/C19H23N5/c1-5-13-14-8-7-11(3)9-15(14)24-17(13)18(21-6-2)16-12(4)22-10-23-19(16)20/h7-10,24H,5-6H2,1-4H3,(H2,20,22,23)/b21-18+. The van der Waals surface area contributed by atoms with Crippen molar-refractivity contribution in [3.8, 4) is 0 Å². The molecule has 5 nitrogen and oxygen atoms in total. The van der Waals surface area contributed by atoms with Gasteiger partial charge in [0.1, 0.15) is 12.1 Å². The number of benzene rings is 1. The first kappa shape index (κ1) is 16.2. The van der Waals surface area contributed by atoms with Crippen LogP contribution in [0.15, 0.2) is 29.5 Å². The Morgan fingerprint density at radius 1 is 1.21 bits per heavy atom. The van der Waals surface area contributed by atoms with E-state index in [0.717, 1.165) is 34.6 Å². The Labute approximate surface area is 142 Å². The molecule has 0 bridgehead atoms. The molecule has 0 aliphatic rings. The highest BCUT2D eigenvalue weighted by Gasteiger charge is 2.20. The first-order chi connectivity index (χ1) is 11.6. The van der Waals surface area contributed by atoms with Crippen LogP contribution in [-0.2, 0) is 6.42 Å². The zero-order valence-electron chi connectivity index (χ0n) is 14.6. The Balaban J connectivity index is 2.31. The number of nitrogens with two attached hydrogens (primary N) is 1. The minimum Gasteiger partial charge on any atom is -0.383 e. The summed E-state index contributed by atoms with van der Waals surface area (Å²) in [5, 5.41) is 1.23. The number of nitrogen functional groups attached to an aromatic ring is 1. The number of fused-ring (bicyclic) bond motifs is 1. The van der Waals surface area contributed by atoms with Gasteiger partial charge in [-0.15, -0.1) is 0 Å². The van der Waals surface area contributed by atoms with Crippen LogP contribution in [-0.4, -0.2) is 27.2 Å². The van der Waals surface area contributed by atoms with Crippen LogP contribution in [0.1, 0.15) is 41.9 Å². The lowest BCUT2D eigenvalue weighted by atomic mass is 10.00. The Hall–Kier alpha value is -2.69. The predicted molar refractivity (Wildman–Crippen MR) is 99.8 cm³/mol. The van der Waals surface area contributed by atoms with Crippen molar-refractivity contribution in [2.24, 2.45) is 4.99 Å². The third kappa shape index (κ3) is 2.66. The number of aromatic nitrogens is 3. The van der Waals surface area contributed by atoms with Crippen molar-refractivity contribution in [1.29, 1.82) is 0 Å². The lowest BCUT2D eigenvalue weighted by molar-refractivity contribution is 1.07. The SMILES string of the molecule is CC/N=C(/c1[nH]c2cc(C)ccc2c1CC)c1c(C)ncnc1N. The number of aromatic amines is 1. The molecule has 5 heteroatoms. The fraction of sp³-hybridized carbons (Fsp3) is 0.316. The maximum absolute atomic E-state index is 6.15. The molecule has 0 fully saturated rings. The number of aryl methyl sites for hydroxylation is 3. The van der Waals surface area contributed by atoms with Crippen molar-refractivity contribution in [2.75, 3.05) is 12.3 Å². The number of rotatable bonds is 4. The number of H-pyrrole nitrogens is 1. The summed E-state index contributed by atoms with van der Waals surface area (Å²) in [6, 6.07) is 6.48. The largest absolute Gasteiger partial charge is 0.383 e. The van der Waals surface area contributed by atoms with Crippen LogP contribution in [0.2, 0.25) is 0 Å². The number of hydrogen-bond donors (Lipinski definition) is 2. The van der Waals surface area contributed by atoms with Crippen LogP contribution in [0.4, 0.5) is 5.82 Å². The summed E-state index contributed by atoms with van der Waals surface area (Å²) in [6.07, 6.45) is 2.40. The van der Waals surface area contributed by atoms with Gasteiger partial charge in [0, 0.05) is 17.4 Å². The number of nitrogens with zero attached hydrogens (tertiary/aromatic N) is 3. The van der Waals surface area contributed by atoms with E-state index in [-0.39, 0.29) is 0 Å².